The minimum atomic E-state index is -0.0866. The minimum Gasteiger partial charge on any atom is -0.352 e. The lowest BCUT2D eigenvalue weighted by Crippen LogP contribution is -2.26. The lowest BCUT2D eigenvalue weighted by atomic mass is 10.0. The Kier molecular flexibility index (Phi) is 5.22. The first-order chi connectivity index (χ1) is 8.15. The molecule has 0 aromatic heterocycles. The van der Waals surface area contributed by atoms with E-state index < -0.39 is 0 Å². The smallest absolute Gasteiger partial charge is 0.251 e. The molecular formula is C14H18N2O. The molecule has 0 heterocycles. The number of rotatable bonds is 5. The maximum atomic E-state index is 11.9. The van der Waals surface area contributed by atoms with Crippen LogP contribution in [0.4, 0.5) is 0 Å². The van der Waals surface area contributed by atoms with E-state index in [9.17, 15) is 4.79 Å². The van der Waals surface area contributed by atoms with Gasteiger partial charge in [0.15, 0.2) is 0 Å². The van der Waals surface area contributed by atoms with Gasteiger partial charge in [0.25, 0.3) is 5.91 Å². The molecular weight excluding hydrogens is 212 g/mol. The summed E-state index contributed by atoms with van der Waals surface area (Å²) < 4.78 is 0. The van der Waals surface area contributed by atoms with Gasteiger partial charge in [0.05, 0.1) is 12.5 Å². The van der Waals surface area contributed by atoms with Crippen LogP contribution in [0, 0.1) is 17.2 Å². The van der Waals surface area contributed by atoms with Crippen molar-refractivity contribution in [1.29, 1.82) is 5.26 Å². The van der Waals surface area contributed by atoms with Crippen LogP contribution < -0.4 is 5.32 Å². The second-order valence-electron chi connectivity index (χ2n) is 4.43. The average molecular weight is 230 g/mol. The molecule has 0 radical (unpaired) electrons. The van der Waals surface area contributed by atoms with Gasteiger partial charge in [-0.25, -0.2) is 0 Å². The van der Waals surface area contributed by atoms with Crippen LogP contribution >= 0.6 is 0 Å². The first-order valence-electron chi connectivity index (χ1n) is 5.88. The Bertz CT molecular complexity index is 418. The molecule has 1 amide bonds. The Labute approximate surface area is 102 Å². The molecule has 0 saturated carbocycles. The molecule has 17 heavy (non-hydrogen) atoms. The Balaban J connectivity index is 2.65. The van der Waals surface area contributed by atoms with Crippen LogP contribution in [0.5, 0.6) is 0 Å². The van der Waals surface area contributed by atoms with E-state index in [2.05, 4.69) is 25.2 Å². The van der Waals surface area contributed by atoms with Crippen molar-refractivity contribution in [2.45, 2.75) is 26.7 Å². The molecule has 0 aliphatic carbocycles. The van der Waals surface area contributed by atoms with Gasteiger partial charge in [-0.3, -0.25) is 4.79 Å². The van der Waals surface area contributed by atoms with Crippen molar-refractivity contribution in [3.05, 3.63) is 35.4 Å². The quantitative estimate of drug-likeness (QED) is 0.845. The number of hydrogen-bond acceptors (Lipinski definition) is 2. The van der Waals surface area contributed by atoms with Gasteiger partial charge >= 0.3 is 0 Å². The van der Waals surface area contributed by atoms with E-state index in [1.165, 1.54) is 0 Å². The summed E-state index contributed by atoms with van der Waals surface area (Å²) in [7, 11) is 0. The van der Waals surface area contributed by atoms with Gasteiger partial charge in [0.2, 0.25) is 0 Å². The van der Waals surface area contributed by atoms with Crippen molar-refractivity contribution in [3.63, 3.8) is 0 Å². The average Bonchev–Trinajstić information content (AvgIpc) is 2.29. The van der Waals surface area contributed by atoms with Gasteiger partial charge in [-0.05, 0) is 24.0 Å². The highest BCUT2D eigenvalue weighted by atomic mass is 16.1. The first kappa shape index (κ1) is 13.2. The normalized spacial score (nSPS) is 10.0. The molecule has 3 heteroatoms. The van der Waals surface area contributed by atoms with Crippen LogP contribution in [0.2, 0.25) is 0 Å². The van der Waals surface area contributed by atoms with E-state index in [0.29, 0.717) is 18.0 Å². The maximum absolute atomic E-state index is 11.9. The third kappa shape index (κ3) is 4.28. The summed E-state index contributed by atoms with van der Waals surface area (Å²) in [4.78, 5) is 11.9. The van der Waals surface area contributed by atoms with Crippen molar-refractivity contribution in [1.82, 2.24) is 5.32 Å². The minimum absolute atomic E-state index is 0.0866. The first-order valence-corrected chi connectivity index (χ1v) is 5.88. The van der Waals surface area contributed by atoms with Crippen molar-refractivity contribution in [2.75, 3.05) is 6.54 Å². The van der Waals surface area contributed by atoms with Crippen LogP contribution in [0.3, 0.4) is 0 Å². The number of nitrogens with one attached hydrogen (secondary N) is 1. The molecule has 1 aromatic rings. The van der Waals surface area contributed by atoms with Crippen LogP contribution in [0.15, 0.2) is 24.3 Å². The predicted molar refractivity (Wildman–Crippen MR) is 67.5 cm³/mol. The summed E-state index contributed by atoms with van der Waals surface area (Å²) in [5.41, 5.74) is 1.40. The van der Waals surface area contributed by atoms with Gasteiger partial charge in [0.1, 0.15) is 0 Å². The molecule has 3 nitrogen and oxygen atoms in total. The highest BCUT2D eigenvalue weighted by Gasteiger charge is 2.09. The van der Waals surface area contributed by atoms with E-state index in [1.54, 1.807) is 6.07 Å². The molecule has 0 atom stereocenters. The second kappa shape index (κ2) is 6.70. The number of benzene rings is 1. The molecule has 1 aromatic carbocycles. The van der Waals surface area contributed by atoms with E-state index in [4.69, 9.17) is 5.26 Å². The van der Waals surface area contributed by atoms with Crippen LogP contribution in [0.1, 0.15) is 36.2 Å². The number of hydrogen-bond donors (Lipinski definition) is 1. The lowest BCUT2D eigenvalue weighted by Gasteiger charge is -2.09. The van der Waals surface area contributed by atoms with E-state index in [-0.39, 0.29) is 12.3 Å². The Morgan fingerprint density at radius 3 is 2.76 bits per heavy atom. The molecule has 0 aliphatic heterocycles. The van der Waals surface area contributed by atoms with Crippen LogP contribution in [0.25, 0.3) is 0 Å². The molecule has 1 rings (SSSR count). The van der Waals surface area contributed by atoms with Crippen molar-refractivity contribution >= 4 is 5.91 Å². The van der Waals surface area contributed by atoms with Gasteiger partial charge < -0.3 is 5.32 Å². The zero-order chi connectivity index (χ0) is 12.7. The third-order valence-electron chi connectivity index (χ3n) is 2.54. The van der Waals surface area contributed by atoms with Crippen molar-refractivity contribution in [3.8, 4) is 6.07 Å². The zero-order valence-corrected chi connectivity index (χ0v) is 10.4. The zero-order valence-electron chi connectivity index (χ0n) is 10.4. The fraction of sp³-hybridized carbons (Fsp3) is 0.429. The largest absolute Gasteiger partial charge is 0.352 e. The summed E-state index contributed by atoms with van der Waals surface area (Å²) in [6.45, 7) is 4.92. The molecule has 0 unspecified atom stereocenters. The topological polar surface area (TPSA) is 52.9 Å². The molecule has 0 bridgehead atoms. The maximum Gasteiger partial charge on any atom is 0.251 e. The number of carbonyl (C=O) groups excluding carboxylic acids is 1. The summed E-state index contributed by atoms with van der Waals surface area (Å²) >= 11 is 0. The van der Waals surface area contributed by atoms with E-state index in [1.807, 2.05) is 18.2 Å². The molecule has 0 spiro atoms. The summed E-state index contributed by atoms with van der Waals surface area (Å²) in [5.74, 6) is 0.487. The molecule has 0 fully saturated rings. The molecule has 1 N–H and O–H groups in total. The number of carbonyl (C=O) groups is 1. The van der Waals surface area contributed by atoms with Crippen molar-refractivity contribution in [2.24, 2.45) is 5.92 Å². The van der Waals surface area contributed by atoms with Gasteiger partial charge in [-0.1, -0.05) is 32.0 Å². The Hall–Kier alpha value is -1.82. The van der Waals surface area contributed by atoms with E-state index >= 15 is 0 Å². The highest BCUT2D eigenvalue weighted by Crippen LogP contribution is 2.09. The summed E-state index contributed by atoms with van der Waals surface area (Å²) in [5, 5.41) is 11.6. The number of amides is 1. The van der Waals surface area contributed by atoms with E-state index in [0.717, 1.165) is 12.0 Å². The van der Waals surface area contributed by atoms with Crippen LogP contribution in [-0.4, -0.2) is 12.5 Å². The number of nitriles is 1. The monoisotopic (exact) mass is 230 g/mol. The molecule has 0 saturated heterocycles. The Morgan fingerprint density at radius 1 is 1.41 bits per heavy atom. The standard InChI is InChI=1S/C14H18N2O/c1-11(2)8-10-16-14(17)13-6-4-3-5-12(13)7-9-15/h3-6,11H,7-8,10H2,1-2H3,(H,16,17). The van der Waals surface area contributed by atoms with Gasteiger partial charge in [-0.15, -0.1) is 0 Å². The van der Waals surface area contributed by atoms with Crippen molar-refractivity contribution < 1.29 is 4.79 Å². The highest BCUT2D eigenvalue weighted by molar-refractivity contribution is 5.95. The third-order valence-corrected chi connectivity index (χ3v) is 2.54. The summed E-state index contributed by atoms with van der Waals surface area (Å²) in [6, 6.07) is 9.32. The van der Waals surface area contributed by atoms with Gasteiger partial charge in [-0.2, -0.15) is 5.26 Å². The predicted octanol–water partition coefficient (Wildman–Crippen LogP) is 2.53. The second-order valence-corrected chi connectivity index (χ2v) is 4.43. The number of nitrogens with zero attached hydrogens (tertiary/aromatic N) is 1. The Morgan fingerprint density at radius 2 is 2.12 bits per heavy atom. The van der Waals surface area contributed by atoms with Crippen LogP contribution in [-0.2, 0) is 6.42 Å². The molecule has 0 aliphatic rings. The van der Waals surface area contributed by atoms with Gasteiger partial charge in [0, 0.05) is 12.1 Å². The fourth-order valence-electron chi connectivity index (χ4n) is 1.55. The summed E-state index contributed by atoms with van der Waals surface area (Å²) in [6.07, 6.45) is 1.24. The fourth-order valence-corrected chi connectivity index (χ4v) is 1.55. The SMILES string of the molecule is CC(C)CCNC(=O)c1ccccc1CC#N. The molecule has 90 valence electrons. The lowest BCUT2D eigenvalue weighted by molar-refractivity contribution is 0.0951.